The van der Waals surface area contributed by atoms with Crippen LogP contribution in [0.25, 0.3) is 0 Å². The molecule has 0 radical (unpaired) electrons. The normalized spacial score (nSPS) is 18.6. The predicted molar refractivity (Wildman–Crippen MR) is 84.8 cm³/mol. The molecule has 0 aliphatic carbocycles. The van der Waals surface area contributed by atoms with Crippen LogP contribution in [0, 0.1) is 11.8 Å². The van der Waals surface area contributed by atoms with E-state index in [-0.39, 0.29) is 30.1 Å². The standard InChI is InChI=1S/C15H19N3O2.ClH/c1-9(11-7-16-8-11)15(20)17-12-4-2-10-3-5-14(19)18-13(10)6-12;/h2,4,6,9,11,16H,3,5,7-8H2,1H3,(H,17,20)(H,18,19);1H. The molecular formula is C15H20ClN3O2. The van der Waals surface area contributed by atoms with Gasteiger partial charge in [0.15, 0.2) is 0 Å². The largest absolute Gasteiger partial charge is 0.326 e. The highest BCUT2D eigenvalue weighted by molar-refractivity contribution is 5.97. The highest BCUT2D eigenvalue weighted by Crippen LogP contribution is 2.26. The first kappa shape index (κ1) is 15.8. The van der Waals surface area contributed by atoms with E-state index in [2.05, 4.69) is 16.0 Å². The monoisotopic (exact) mass is 309 g/mol. The zero-order chi connectivity index (χ0) is 14.1. The second-order valence-electron chi connectivity index (χ2n) is 5.62. The molecule has 0 bridgehead atoms. The van der Waals surface area contributed by atoms with Crippen LogP contribution in [0.15, 0.2) is 18.2 Å². The van der Waals surface area contributed by atoms with Gasteiger partial charge in [0, 0.05) is 23.7 Å². The number of rotatable bonds is 3. The number of benzene rings is 1. The Labute approximate surface area is 130 Å². The number of hydrogen-bond acceptors (Lipinski definition) is 3. The zero-order valence-electron chi connectivity index (χ0n) is 11.9. The van der Waals surface area contributed by atoms with E-state index in [1.165, 1.54) is 0 Å². The van der Waals surface area contributed by atoms with Crippen LogP contribution in [0.3, 0.4) is 0 Å². The fourth-order valence-corrected chi connectivity index (χ4v) is 2.58. The minimum atomic E-state index is 0. The maximum Gasteiger partial charge on any atom is 0.227 e. The molecule has 114 valence electrons. The maximum absolute atomic E-state index is 12.2. The second kappa shape index (κ2) is 6.45. The van der Waals surface area contributed by atoms with E-state index in [0.29, 0.717) is 12.3 Å². The number of halogens is 1. The molecule has 1 unspecified atom stereocenters. The summed E-state index contributed by atoms with van der Waals surface area (Å²) in [5.41, 5.74) is 2.69. The Bertz CT molecular complexity index is 558. The minimum absolute atomic E-state index is 0. The van der Waals surface area contributed by atoms with Crippen LogP contribution < -0.4 is 16.0 Å². The zero-order valence-corrected chi connectivity index (χ0v) is 12.8. The van der Waals surface area contributed by atoms with E-state index in [9.17, 15) is 9.59 Å². The van der Waals surface area contributed by atoms with Crippen molar-refractivity contribution in [3.8, 4) is 0 Å². The lowest BCUT2D eigenvalue weighted by Crippen LogP contribution is -2.48. The van der Waals surface area contributed by atoms with Gasteiger partial charge in [-0.25, -0.2) is 0 Å². The molecule has 1 saturated heterocycles. The molecule has 21 heavy (non-hydrogen) atoms. The van der Waals surface area contributed by atoms with Crippen LogP contribution in [0.4, 0.5) is 11.4 Å². The molecular weight excluding hydrogens is 290 g/mol. The fraction of sp³-hybridized carbons (Fsp3) is 0.467. The van der Waals surface area contributed by atoms with Crippen molar-refractivity contribution in [3.63, 3.8) is 0 Å². The molecule has 3 N–H and O–H groups in total. The molecule has 0 aromatic heterocycles. The Hall–Kier alpha value is -1.59. The van der Waals surface area contributed by atoms with E-state index in [4.69, 9.17) is 0 Å². The summed E-state index contributed by atoms with van der Waals surface area (Å²) in [4.78, 5) is 23.6. The smallest absolute Gasteiger partial charge is 0.227 e. The molecule has 1 fully saturated rings. The average Bonchev–Trinajstić information content (AvgIpc) is 2.36. The third-order valence-corrected chi connectivity index (χ3v) is 4.21. The van der Waals surface area contributed by atoms with Gasteiger partial charge in [-0.15, -0.1) is 12.4 Å². The molecule has 0 saturated carbocycles. The van der Waals surface area contributed by atoms with E-state index in [1.54, 1.807) is 0 Å². The van der Waals surface area contributed by atoms with Crippen molar-refractivity contribution >= 4 is 35.6 Å². The van der Waals surface area contributed by atoms with Crippen LogP contribution in [-0.4, -0.2) is 24.9 Å². The number of anilines is 2. The number of hydrogen-bond donors (Lipinski definition) is 3. The van der Waals surface area contributed by atoms with Gasteiger partial charge < -0.3 is 16.0 Å². The van der Waals surface area contributed by atoms with Crippen molar-refractivity contribution in [1.82, 2.24) is 5.32 Å². The maximum atomic E-state index is 12.2. The summed E-state index contributed by atoms with van der Waals surface area (Å²) < 4.78 is 0. The minimum Gasteiger partial charge on any atom is -0.326 e. The first-order chi connectivity index (χ1) is 9.63. The van der Waals surface area contributed by atoms with Crippen molar-refractivity contribution in [1.29, 1.82) is 0 Å². The summed E-state index contributed by atoms with van der Waals surface area (Å²) in [6, 6.07) is 5.72. The quantitative estimate of drug-likeness (QED) is 0.797. The lowest BCUT2D eigenvalue weighted by Gasteiger charge is -2.31. The molecule has 0 spiro atoms. The molecule has 1 atom stereocenters. The van der Waals surface area contributed by atoms with Gasteiger partial charge in [-0.2, -0.15) is 0 Å². The molecule has 6 heteroatoms. The molecule has 2 aliphatic heterocycles. The number of carbonyl (C=O) groups excluding carboxylic acids is 2. The molecule has 1 aromatic rings. The Kier molecular flexibility index (Phi) is 4.85. The van der Waals surface area contributed by atoms with Crippen molar-refractivity contribution in [2.45, 2.75) is 19.8 Å². The summed E-state index contributed by atoms with van der Waals surface area (Å²) in [5, 5.41) is 8.96. The van der Waals surface area contributed by atoms with Gasteiger partial charge in [0.25, 0.3) is 0 Å². The van der Waals surface area contributed by atoms with Crippen LogP contribution in [0.1, 0.15) is 18.9 Å². The number of amides is 2. The summed E-state index contributed by atoms with van der Waals surface area (Å²) in [7, 11) is 0. The molecule has 2 heterocycles. The fourth-order valence-electron chi connectivity index (χ4n) is 2.58. The van der Waals surface area contributed by atoms with Crippen LogP contribution in [0.2, 0.25) is 0 Å². The summed E-state index contributed by atoms with van der Waals surface area (Å²) in [5.74, 6) is 0.502. The van der Waals surface area contributed by atoms with Gasteiger partial charge in [0.1, 0.15) is 0 Å². The summed E-state index contributed by atoms with van der Waals surface area (Å²) in [6.07, 6.45) is 1.30. The van der Waals surface area contributed by atoms with Crippen molar-refractivity contribution in [3.05, 3.63) is 23.8 Å². The Morgan fingerprint density at radius 3 is 2.76 bits per heavy atom. The van der Waals surface area contributed by atoms with Gasteiger partial charge in [-0.05, 0) is 43.1 Å². The van der Waals surface area contributed by atoms with Crippen molar-refractivity contribution < 1.29 is 9.59 Å². The van der Waals surface area contributed by atoms with Crippen LogP contribution in [0.5, 0.6) is 0 Å². The Morgan fingerprint density at radius 2 is 2.10 bits per heavy atom. The molecule has 5 nitrogen and oxygen atoms in total. The van der Waals surface area contributed by atoms with E-state index in [1.807, 2.05) is 25.1 Å². The van der Waals surface area contributed by atoms with Gasteiger partial charge in [0.05, 0.1) is 0 Å². The predicted octanol–water partition coefficient (Wildman–Crippen LogP) is 1.79. The average molecular weight is 310 g/mol. The van der Waals surface area contributed by atoms with Gasteiger partial charge in [-0.1, -0.05) is 13.0 Å². The van der Waals surface area contributed by atoms with Crippen LogP contribution in [-0.2, 0) is 16.0 Å². The van der Waals surface area contributed by atoms with Gasteiger partial charge >= 0.3 is 0 Å². The van der Waals surface area contributed by atoms with Crippen molar-refractivity contribution in [2.24, 2.45) is 11.8 Å². The first-order valence-corrected chi connectivity index (χ1v) is 7.08. The SMILES string of the molecule is CC(C(=O)Nc1ccc2c(c1)NC(=O)CC2)C1CNC1.Cl. The molecule has 1 aromatic carbocycles. The Morgan fingerprint density at radius 1 is 1.33 bits per heavy atom. The third-order valence-electron chi connectivity index (χ3n) is 4.21. The van der Waals surface area contributed by atoms with E-state index < -0.39 is 0 Å². The summed E-state index contributed by atoms with van der Waals surface area (Å²) >= 11 is 0. The highest BCUT2D eigenvalue weighted by atomic mass is 35.5. The van der Waals surface area contributed by atoms with Crippen molar-refractivity contribution in [2.75, 3.05) is 23.7 Å². The molecule has 3 rings (SSSR count). The second-order valence-corrected chi connectivity index (χ2v) is 5.62. The third kappa shape index (κ3) is 3.36. The number of nitrogens with one attached hydrogen (secondary N) is 3. The van der Waals surface area contributed by atoms with Gasteiger partial charge in [0.2, 0.25) is 11.8 Å². The topological polar surface area (TPSA) is 70.2 Å². The lowest BCUT2D eigenvalue weighted by molar-refractivity contribution is -0.121. The number of fused-ring (bicyclic) bond motifs is 1. The summed E-state index contributed by atoms with van der Waals surface area (Å²) in [6.45, 7) is 3.78. The number of aryl methyl sites for hydroxylation is 1. The van der Waals surface area contributed by atoms with Crippen LogP contribution >= 0.6 is 12.4 Å². The molecule has 2 amide bonds. The van der Waals surface area contributed by atoms with E-state index >= 15 is 0 Å². The molecule has 2 aliphatic rings. The first-order valence-electron chi connectivity index (χ1n) is 7.08. The Balaban J connectivity index is 0.00000161. The number of carbonyl (C=O) groups is 2. The van der Waals surface area contributed by atoms with Gasteiger partial charge in [-0.3, -0.25) is 9.59 Å². The lowest BCUT2D eigenvalue weighted by atomic mass is 9.88. The van der Waals surface area contributed by atoms with E-state index in [0.717, 1.165) is 36.4 Å². The highest BCUT2D eigenvalue weighted by Gasteiger charge is 2.28.